The summed E-state index contributed by atoms with van der Waals surface area (Å²) in [5, 5.41) is 17.8. The molecule has 1 atom stereocenters. The van der Waals surface area contributed by atoms with Gasteiger partial charge in [-0.05, 0) is 12.3 Å². The molecule has 0 bridgehead atoms. The Morgan fingerprint density at radius 3 is 2.89 bits per heavy atom. The number of carbonyl (C=O) groups is 2. The third-order valence-corrected chi connectivity index (χ3v) is 2.43. The van der Waals surface area contributed by atoms with E-state index in [9.17, 15) is 9.59 Å². The molecule has 1 rings (SSSR count). The van der Waals surface area contributed by atoms with Crippen LogP contribution in [0.5, 0.6) is 0 Å². The van der Waals surface area contributed by atoms with E-state index in [4.69, 9.17) is 5.11 Å². The van der Waals surface area contributed by atoms with Crippen LogP contribution in [0.3, 0.4) is 0 Å². The van der Waals surface area contributed by atoms with Crippen LogP contribution < -0.4 is 5.32 Å². The summed E-state index contributed by atoms with van der Waals surface area (Å²) in [6.45, 7) is 2.31. The smallest absolute Gasteiger partial charge is 0.303 e. The van der Waals surface area contributed by atoms with E-state index in [2.05, 4.69) is 20.5 Å². The average Bonchev–Trinajstić information content (AvgIpc) is 2.75. The molecule has 3 N–H and O–H groups in total. The Hall–Kier alpha value is -1.92. The van der Waals surface area contributed by atoms with Crippen molar-refractivity contribution in [2.24, 2.45) is 5.92 Å². The lowest BCUT2D eigenvalue weighted by Gasteiger charge is -2.08. The summed E-state index contributed by atoms with van der Waals surface area (Å²) in [6.07, 6.45) is 3.21. The van der Waals surface area contributed by atoms with E-state index < -0.39 is 5.97 Å². The summed E-state index contributed by atoms with van der Waals surface area (Å²) in [4.78, 5) is 25.9. The Kier molecular flexibility index (Phi) is 5.83. The molecule has 1 aromatic heterocycles. The maximum atomic E-state index is 11.5. The summed E-state index contributed by atoms with van der Waals surface area (Å²) in [5.41, 5.74) is 0. The number of aliphatic carboxylic acids is 1. The van der Waals surface area contributed by atoms with Crippen LogP contribution in [0.4, 0.5) is 0 Å². The van der Waals surface area contributed by atoms with E-state index in [0.29, 0.717) is 6.54 Å². The standard InChI is InChI=1S/C11H18N4O3/c1-8(6-11(17)18)5-10(16)12-4-2-3-9-13-7-14-15-9/h7-8H,2-6H2,1H3,(H,12,16)(H,17,18)(H,13,14,15). The van der Waals surface area contributed by atoms with Gasteiger partial charge in [-0.3, -0.25) is 14.7 Å². The number of amides is 1. The first kappa shape index (κ1) is 14.1. The lowest BCUT2D eigenvalue weighted by Crippen LogP contribution is -2.26. The zero-order valence-electron chi connectivity index (χ0n) is 10.3. The number of aromatic nitrogens is 3. The predicted molar refractivity (Wildman–Crippen MR) is 63.7 cm³/mol. The molecule has 0 radical (unpaired) electrons. The molecule has 0 aliphatic carbocycles. The molecule has 1 amide bonds. The van der Waals surface area contributed by atoms with Gasteiger partial charge < -0.3 is 10.4 Å². The Morgan fingerprint density at radius 2 is 2.28 bits per heavy atom. The van der Waals surface area contributed by atoms with Crippen molar-refractivity contribution in [3.63, 3.8) is 0 Å². The van der Waals surface area contributed by atoms with Gasteiger partial charge in [0.1, 0.15) is 12.2 Å². The average molecular weight is 254 g/mol. The molecule has 0 saturated heterocycles. The highest BCUT2D eigenvalue weighted by Gasteiger charge is 2.12. The van der Waals surface area contributed by atoms with Crippen molar-refractivity contribution in [3.8, 4) is 0 Å². The molecule has 1 aromatic rings. The van der Waals surface area contributed by atoms with Crippen LogP contribution in [0, 0.1) is 5.92 Å². The van der Waals surface area contributed by atoms with Crippen molar-refractivity contribution >= 4 is 11.9 Å². The molecule has 7 heteroatoms. The number of carboxylic acids is 1. The molecule has 18 heavy (non-hydrogen) atoms. The van der Waals surface area contributed by atoms with Gasteiger partial charge in [0.25, 0.3) is 0 Å². The minimum Gasteiger partial charge on any atom is -0.481 e. The second-order valence-electron chi connectivity index (χ2n) is 4.29. The van der Waals surface area contributed by atoms with Crippen LogP contribution in [-0.2, 0) is 16.0 Å². The number of hydrogen-bond acceptors (Lipinski definition) is 4. The number of nitrogens with zero attached hydrogens (tertiary/aromatic N) is 2. The van der Waals surface area contributed by atoms with Crippen LogP contribution in [0.15, 0.2) is 6.33 Å². The van der Waals surface area contributed by atoms with E-state index in [1.54, 1.807) is 6.92 Å². The number of nitrogens with one attached hydrogen (secondary N) is 2. The van der Waals surface area contributed by atoms with Crippen molar-refractivity contribution in [2.75, 3.05) is 6.54 Å². The highest BCUT2D eigenvalue weighted by Crippen LogP contribution is 2.06. The van der Waals surface area contributed by atoms with Crippen molar-refractivity contribution in [1.29, 1.82) is 0 Å². The van der Waals surface area contributed by atoms with Crippen LogP contribution in [0.1, 0.15) is 32.0 Å². The second-order valence-corrected chi connectivity index (χ2v) is 4.29. The number of rotatable bonds is 8. The summed E-state index contributed by atoms with van der Waals surface area (Å²) in [7, 11) is 0. The summed E-state index contributed by atoms with van der Waals surface area (Å²) in [5.74, 6) is -0.331. The largest absolute Gasteiger partial charge is 0.481 e. The predicted octanol–water partition coefficient (Wildman–Crippen LogP) is 0.354. The summed E-state index contributed by atoms with van der Waals surface area (Å²) < 4.78 is 0. The van der Waals surface area contributed by atoms with E-state index in [1.165, 1.54) is 6.33 Å². The molecule has 0 spiro atoms. The van der Waals surface area contributed by atoms with Crippen molar-refractivity contribution < 1.29 is 14.7 Å². The highest BCUT2D eigenvalue weighted by molar-refractivity contribution is 5.77. The normalized spacial score (nSPS) is 12.1. The molecular weight excluding hydrogens is 236 g/mol. The Bertz CT molecular complexity index is 378. The molecular formula is C11H18N4O3. The zero-order chi connectivity index (χ0) is 13.4. The fourth-order valence-corrected chi connectivity index (χ4v) is 1.59. The van der Waals surface area contributed by atoms with E-state index >= 15 is 0 Å². The van der Waals surface area contributed by atoms with Gasteiger partial charge >= 0.3 is 5.97 Å². The van der Waals surface area contributed by atoms with Crippen LogP contribution in [-0.4, -0.2) is 38.7 Å². The summed E-state index contributed by atoms with van der Waals surface area (Å²) >= 11 is 0. The number of H-pyrrole nitrogens is 1. The molecule has 0 saturated carbocycles. The number of carbonyl (C=O) groups excluding carboxylic acids is 1. The fraction of sp³-hybridized carbons (Fsp3) is 0.636. The number of hydrogen-bond donors (Lipinski definition) is 3. The first-order valence-corrected chi connectivity index (χ1v) is 5.90. The van der Waals surface area contributed by atoms with Gasteiger partial charge in [0.2, 0.25) is 5.91 Å². The van der Waals surface area contributed by atoms with Gasteiger partial charge in [-0.2, -0.15) is 5.10 Å². The van der Waals surface area contributed by atoms with Crippen LogP contribution in [0.25, 0.3) is 0 Å². The van der Waals surface area contributed by atoms with Gasteiger partial charge in [-0.25, -0.2) is 4.98 Å². The molecule has 7 nitrogen and oxygen atoms in total. The van der Waals surface area contributed by atoms with Gasteiger partial charge in [0.15, 0.2) is 0 Å². The SMILES string of the molecule is CC(CC(=O)O)CC(=O)NCCCc1ncn[nH]1. The van der Waals surface area contributed by atoms with E-state index in [1.807, 2.05) is 0 Å². The first-order chi connectivity index (χ1) is 8.58. The monoisotopic (exact) mass is 254 g/mol. The molecule has 1 unspecified atom stereocenters. The van der Waals surface area contributed by atoms with Crippen molar-refractivity contribution in [3.05, 3.63) is 12.2 Å². The lowest BCUT2D eigenvalue weighted by molar-refractivity contribution is -0.138. The van der Waals surface area contributed by atoms with Gasteiger partial charge in [0.05, 0.1) is 0 Å². The molecule has 1 heterocycles. The minimum absolute atomic E-state index is 0.0193. The van der Waals surface area contributed by atoms with Gasteiger partial charge in [0, 0.05) is 25.8 Å². The third-order valence-electron chi connectivity index (χ3n) is 2.43. The Balaban J connectivity index is 2.08. The number of aromatic amines is 1. The molecule has 0 aliphatic heterocycles. The number of carboxylic acid groups (broad SMARTS) is 1. The maximum absolute atomic E-state index is 11.5. The molecule has 100 valence electrons. The molecule has 0 fully saturated rings. The lowest BCUT2D eigenvalue weighted by atomic mass is 10.0. The van der Waals surface area contributed by atoms with Crippen LogP contribution >= 0.6 is 0 Å². The Morgan fingerprint density at radius 1 is 1.50 bits per heavy atom. The second kappa shape index (κ2) is 7.41. The Labute approximate surface area is 105 Å². The van der Waals surface area contributed by atoms with Gasteiger partial charge in [-0.1, -0.05) is 6.92 Å². The quantitative estimate of drug-likeness (QED) is 0.580. The van der Waals surface area contributed by atoms with Gasteiger partial charge in [-0.15, -0.1) is 0 Å². The molecule has 0 aliphatic rings. The maximum Gasteiger partial charge on any atom is 0.303 e. The van der Waals surface area contributed by atoms with Crippen molar-refractivity contribution in [1.82, 2.24) is 20.5 Å². The minimum atomic E-state index is -0.874. The zero-order valence-corrected chi connectivity index (χ0v) is 10.3. The molecule has 0 aromatic carbocycles. The van der Waals surface area contributed by atoms with E-state index in [-0.39, 0.29) is 24.7 Å². The topological polar surface area (TPSA) is 108 Å². The van der Waals surface area contributed by atoms with Crippen LogP contribution in [0.2, 0.25) is 0 Å². The number of aryl methyl sites for hydroxylation is 1. The third kappa shape index (κ3) is 5.97. The summed E-state index contributed by atoms with van der Waals surface area (Å²) in [6, 6.07) is 0. The highest BCUT2D eigenvalue weighted by atomic mass is 16.4. The first-order valence-electron chi connectivity index (χ1n) is 5.90. The fourth-order valence-electron chi connectivity index (χ4n) is 1.59. The van der Waals surface area contributed by atoms with Crippen molar-refractivity contribution in [2.45, 2.75) is 32.6 Å². The van der Waals surface area contributed by atoms with E-state index in [0.717, 1.165) is 18.7 Å².